The molecule has 0 aliphatic heterocycles. The second-order valence-corrected chi connectivity index (χ2v) is 6.60. The van der Waals surface area contributed by atoms with Gasteiger partial charge in [-0.2, -0.15) is 0 Å². The molecule has 3 rings (SSSR count). The van der Waals surface area contributed by atoms with E-state index >= 15 is 0 Å². The van der Waals surface area contributed by atoms with Crippen LogP contribution in [0.2, 0.25) is 0 Å². The van der Waals surface area contributed by atoms with E-state index in [0.29, 0.717) is 16.9 Å². The first kappa shape index (κ1) is 19.4. The van der Waals surface area contributed by atoms with E-state index in [-0.39, 0.29) is 12.2 Å². The second kappa shape index (κ2) is 9.00. The van der Waals surface area contributed by atoms with Crippen LogP contribution in [0.4, 0.5) is 0 Å². The zero-order chi connectivity index (χ0) is 19.9. The van der Waals surface area contributed by atoms with Gasteiger partial charge in [-0.25, -0.2) is 0 Å². The number of hydrogen-bond donors (Lipinski definition) is 1. The summed E-state index contributed by atoms with van der Waals surface area (Å²) in [5.41, 5.74) is 2.05. The average molecular weight is 374 g/mol. The molecule has 3 aromatic rings. The zero-order valence-electron chi connectivity index (χ0n) is 15.6. The maximum Gasteiger partial charge on any atom is 0.311 e. The summed E-state index contributed by atoms with van der Waals surface area (Å²) < 4.78 is 5.21. The SMILES string of the molecule is COc1ccc(C(CC(=O)c2ccccc2)C(C(=O)O)c2ccccc2)cc1. The lowest BCUT2D eigenvalue weighted by molar-refractivity contribution is -0.139. The highest BCUT2D eigenvalue weighted by atomic mass is 16.5. The Bertz CT molecular complexity index is 918. The van der Waals surface area contributed by atoms with E-state index in [1.54, 1.807) is 43.5 Å². The monoisotopic (exact) mass is 374 g/mol. The van der Waals surface area contributed by atoms with Crippen molar-refractivity contribution < 1.29 is 19.4 Å². The number of carbonyl (C=O) groups is 2. The first-order chi connectivity index (χ1) is 13.6. The first-order valence-corrected chi connectivity index (χ1v) is 9.10. The smallest absolute Gasteiger partial charge is 0.311 e. The second-order valence-electron chi connectivity index (χ2n) is 6.60. The van der Waals surface area contributed by atoms with Crippen LogP contribution in [0, 0.1) is 0 Å². The molecule has 142 valence electrons. The molecule has 0 aliphatic carbocycles. The van der Waals surface area contributed by atoms with Crippen LogP contribution in [0.3, 0.4) is 0 Å². The van der Waals surface area contributed by atoms with Gasteiger partial charge in [0, 0.05) is 17.9 Å². The van der Waals surface area contributed by atoms with Gasteiger partial charge in [0.25, 0.3) is 0 Å². The van der Waals surface area contributed by atoms with Crippen molar-refractivity contribution >= 4 is 11.8 Å². The summed E-state index contributed by atoms with van der Waals surface area (Å²) in [6, 6.07) is 25.3. The minimum atomic E-state index is -0.951. The highest BCUT2D eigenvalue weighted by Crippen LogP contribution is 2.37. The number of ether oxygens (including phenoxy) is 1. The summed E-state index contributed by atoms with van der Waals surface area (Å²) in [7, 11) is 1.58. The molecule has 0 radical (unpaired) electrons. The predicted octanol–water partition coefficient (Wildman–Crippen LogP) is 4.92. The molecular formula is C24H22O4. The lowest BCUT2D eigenvalue weighted by Gasteiger charge is -2.25. The number of carboxylic acids is 1. The molecule has 0 aliphatic rings. The number of hydrogen-bond acceptors (Lipinski definition) is 3. The fourth-order valence-electron chi connectivity index (χ4n) is 3.43. The molecule has 0 saturated carbocycles. The minimum Gasteiger partial charge on any atom is -0.497 e. The first-order valence-electron chi connectivity index (χ1n) is 9.10. The van der Waals surface area contributed by atoms with Crippen molar-refractivity contribution in [3.05, 3.63) is 102 Å². The third-order valence-electron chi connectivity index (χ3n) is 4.87. The quantitative estimate of drug-likeness (QED) is 0.569. The molecule has 2 atom stereocenters. The highest BCUT2D eigenvalue weighted by Gasteiger charge is 2.33. The van der Waals surface area contributed by atoms with Gasteiger partial charge in [-0.15, -0.1) is 0 Å². The highest BCUT2D eigenvalue weighted by molar-refractivity contribution is 5.97. The number of rotatable bonds is 8. The molecular weight excluding hydrogens is 352 g/mol. The normalized spacial score (nSPS) is 12.8. The fraction of sp³-hybridized carbons (Fsp3) is 0.167. The summed E-state index contributed by atoms with van der Waals surface area (Å²) in [5.74, 6) is -1.68. The predicted molar refractivity (Wildman–Crippen MR) is 108 cm³/mol. The van der Waals surface area contributed by atoms with Crippen LogP contribution in [0.15, 0.2) is 84.9 Å². The van der Waals surface area contributed by atoms with E-state index in [1.165, 1.54) is 0 Å². The molecule has 2 unspecified atom stereocenters. The van der Waals surface area contributed by atoms with Crippen molar-refractivity contribution in [3.8, 4) is 5.75 Å². The van der Waals surface area contributed by atoms with E-state index < -0.39 is 17.8 Å². The molecule has 4 nitrogen and oxygen atoms in total. The summed E-state index contributed by atoms with van der Waals surface area (Å²) in [5, 5.41) is 10.0. The molecule has 0 spiro atoms. The third kappa shape index (κ3) is 4.46. The van der Waals surface area contributed by atoms with E-state index in [9.17, 15) is 14.7 Å². The maximum atomic E-state index is 12.9. The maximum absolute atomic E-state index is 12.9. The van der Waals surface area contributed by atoms with Gasteiger partial charge >= 0.3 is 5.97 Å². The van der Waals surface area contributed by atoms with Gasteiger partial charge in [0.05, 0.1) is 13.0 Å². The van der Waals surface area contributed by atoms with Crippen LogP contribution in [0.5, 0.6) is 5.75 Å². The Labute approximate surface area is 164 Å². The molecule has 3 aromatic carbocycles. The largest absolute Gasteiger partial charge is 0.497 e. The Morgan fingerprint density at radius 3 is 1.93 bits per heavy atom. The molecule has 0 bridgehead atoms. The van der Waals surface area contributed by atoms with Gasteiger partial charge in [0.1, 0.15) is 5.75 Å². The van der Waals surface area contributed by atoms with Crippen LogP contribution in [0.1, 0.15) is 39.7 Å². The van der Waals surface area contributed by atoms with E-state index in [0.717, 1.165) is 5.56 Å². The lowest BCUT2D eigenvalue weighted by Crippen LogP contribution is -2.23. The molecule has 0 aromatic heterocycles. The van der Waals surface area contributed by atoms with Gasteiger partial charge in [-0.1, -0.05) is 72.8 Å². The number of carboxylic acid groups (broad SMARTS) is 1. The Hall–Kier alpha value is -3.40. The van der Waals surface area contributed by atoms with E-state index in [2.05, 4.69) is 0 Å². The summed E-state index contributed by atoms with van der Waals surface area (Å²) in [4.78, 5) is 25.1. The molecule has 0 heterocycles. The number of benzene rings is 3. The van der Waals surface area contributed by atoms with E-state index in [4.69, 9.17) is 4.74 Å². The number of Topliss-reactive ketones (excluding diaryl/α,β-unsaturated/α-hetero) is 1. The zero-order valence-corrected chi connectivity index (χ0v) is 15.6. The standard InChI is InChI=1S/C24H22O4/c1-28-20-14-12-17(13-15-20)21(16-22(25)18-8-4-2-5-9-18)23(24(26)27)19-10-6-3-7-11-19/h2-15,21,23H,16H2,1H3,(H,26,27). The van der Waals surface area contributed by atoms with Crippen LogP contribution in [-0.2, 0) is 4.79 Å². The van der Waals surface area contributed by atoms with Crippen LogP contribution >= 0.6 is 0 Å². The molecule has 0 fully saturated rings. The van der Waals surface area contributed by atoms with Gasteiger partial charge in [0.2, 0.25) is 0 Å². The van der Waals surface area contributed by atoms with Crippen LogP contribution in [-0.4, -0.2) is 24.0 Å². The lowest BCUT2D eigenvalue weighted by atomic mass is 9.78. The summed E-state index contributed by atoms with van der Waals surface area (Å²) in [6.07, 6.45) is 0.0994. The fourth-order valence-corrected chi connectivity index (χ4v) is 3.43. The van der Waals surface area contributed by atoms with Crippen molar-refractivity contribution in [1.82, 2.24) is 0 Å². The summed E-state index contributed by atoms with van der Waals surface area (Å²) >= 11 is 0. The van der Waals surface area contributed by atoms with Crippen molar-refractivity contribution in [2.75, 3.05) is 7.11 Å². The number of aliphatic carboxylic acids is 1. The van der Waals surface area contributed by atoms with Crippen LogP contribution in [0.25, 0.3) is 0 Å². The third-order valence-corrected chi connectivity index (χ3v) is 4.87. The van der Waals surface area contributed by atoms with E-state index in [1.807, 2.05) is 48.5 Å². The number of ketones is 1. The van der Waals surface area contributed by atoms with Crippen molar-refractivity contribution in [2.24, 2.45) is 0 Å². The van der Waals surface area contributed by atoms with Gasteiger partial charge in [-0.3, -0.25) is 9.59 Å². The molecule has 0 saturated heterocycles. The number of methoxy groups -OCH3 is 1. The van der Waals surface area contributed by atoms with Crippen LogP contribution < -0.4 is 4.74 Å². The molecule has 4 heteroatoms. The van der Waals surface area contributed by atoms with Crippen molar-refractivity contribution in [2.45, 2.75) is 18.3 Å². The Morgan fingerprint density at radius 2 is 1.39 bits per heavy atom. The molecule has 1 N–H and O–H groups in total. The Morgan fingerprint density at radius 1 is 0.821 bits per heavy atom. The Balaban J connectivity index is 2.01. The molecule has 0 amide bonds. The average Bonchev–Trinajstić information content (AvgIpc) is 2.74. The van der Waals surface area contributed by atoms with Gasteiger partial charge < -0.3 is 9.84 Å². The minimum absolute atomic E-state index is 0.0800. The Kier molecular flexibility index (Phi) is 6.22. The topological polar surface area (TPSA) is 63.6 Å². The summed E-state index contributed by atoms with van der Waals surface area (Å²) in [6.45, 7) is 0. The van der Waals surface area contributed by atoms with Crippen molar-refractivity contribution in [3.63, 3.8) is 0 Å². The molecule has 28 heavy (non-hydrogen) atoms. The van der Waals surface area contributed by atoms with Gasteiger partial charge in [0.15, 0.2) is 5.78 Å². The van der Waals surface area contributed by atoms with Gasteiger partial charge in [-0.05, 0) is 23.3 Å². The number of carbonyl (C=O) groups excluding carboxylic acids is 1. The van der Waals surface area contributed by atoms with Crippen molar-refractivity contribution in [1.29, 1.82) is 0 Å².